The molecule has 0 saturated carbocycles. The molecule has 0 spiro atoms. The number of carbonyl (C=O) groups is 2. The Kier molecular flexibility index (Phi) is 6.52. The summed E-state index contributed by atoms with van der Waals surface area (Å²) in [5.74, 6) is -1.73. The minimum absolute atomic E-state index is 0.00646. The van der Waals surface area contributed by atoms with Gasteiger partial charge in [0, 0.05) is 11.8 Å². The van der Waals surface area contributed by atoms with Crippen LogP contribution >= 0.6 is 0 Å². The average Bonchev–Trinajstić information content (AvgIpc) is 2.43. The average molecular weight is 345 g/mol. The number of ether oxygens (including phenoxy) is 1. The third-order valence-corrected chi connectivity index (χ3v) is 3.78. The third-order valence-electron chi connectivity index (χ3n) is 2.87. The van der Waals surface area contributed by atoms with Crippen LogP contribution in [0.5, 0.6) is 5.75 Å². The van der Waals surface area contributed by atoms with Crippen molar-refractivity contribution in [3.63, 3.8) is 0 Å². The Balaban J connectivity index is 2.65. The lowest BCUT2D eigenvalue weighted by Crippen LogP contribution is -2.47. The van der Waals surface area contributed by atoms with Gasteiger partial charge in [0.25, 0.3) is 5.91 Å². The van der Waals surface area contributed by atoms with E-state index in [4.69, 9.17) is 9.84 Å². The van der Waals surface area contributed by atoms with E-state index < -0.39 is 33.9 Å². The molecule has 0 aliphatic heterocycles. The van der Waals surface area contributed by atoms with Crippen LogP contribution in [0.25, 0.3) is 0 Å². The fraction of sp³-hybridized carbons (Fsp3) is 0.429. The Bertz CT molecular complexity index is 652. The van der Waals surface area contributed by atoms with Gasteiger partial charge in [-0.25, -0.2) is 13.2 Å². The second-order valence-corrected chi connectivity index (χ2v) is 7.29. The SMILES string of the molecule is C[C@@H](O)[C@H](NC(=O)c1ccc(OCCS(C)(=O)=O)cc1)C(=O)O. The topological polar surface area (TPSA) is 130 Å². The van der Waals surface area contributed by atoms with E-state index in [-0.39, 0.29) is 17.9 Å². The van der Waals surface area contributed by atoms with E-state index >= 15 is 0 Å². The molecule has 0 aromatic heterocycles. The van der Waals surface area contributed by atoms with Crippen molar-refractivity contribution in [2.45, 2.75) is 19.1 Å². The predicted octanol–water partition coefficient (Wildman–Crippen LogP) is -0.326. The van der Waals surface area contributed by atoms with Crippen molar-refractivity contribution in [3.8, 4) is 5.75 Å². The van der Waals surface area contributed by atoms with E-state index in [0.29, 0.717) is 5.75 Å². The van der Waals surface area contributed by atoms with Gasteiger partial charge in [0.2, 0.25) is 0 Å². The zero-order chi connectivity index (χ0) is 17.6. The number of nitrogens with one attached hydrogen (secondary N) is 1. The first-order chi connectivity index (χ1) is 10.6. The lowest BCUT2D eigenvalue weighted by atomic mass is 10.1. The van der Waals surface area contributed by atoms with Crippen LogP contribution in [0.3, 0.4) is 0 Å². The van der Waals surface area contributed by atoms with Crippen molar-refractivity contribution in [1.29, 1.82) is 0 Å². The summed E-state index contributed by atoms with van der Waals surface area (Å²) in [4.78, 5) is 22.8. The monoisotopic (exact) mass is 345 g/mol. The van der Waals surface area contributed by atoms with Crippen LogP contribution in [-0.2, 0) is 14.6 Å². The number of sulfone groups is 1. The molecule has 1 amide bonds. The van der Waals surface area contributed by atoms with Gasteiger partial charge in [-0.05, 0) is 31.2 Å². The molecular weight excluding hydrogens is 326 g/mol. The summed E-state index contributed by atoms with van der Waals surface area (Å²) in [5.41, 5.74) is 0.187. The van der Waals surface area contributed by atoms with Crippen LogP contribution < -0.4 is 10.1 Å². The van der Waals surface area contributed by atoms with Gasteiger partial charge in [-0.15, -0.1) is 0 Å². The second-order valence-electron chi connectivity index (χ2n) is 5.03. The van der Waals surface area contributed by atoms with Crippen LogP contribution in [0.1, 0.15) is 17.3 Å². The quantitative estimate of drug-likeness (QED) is 0.588. The van der Waals surface area contributed by atoms with E-state index in [0.717, 1.165) is 6.26 Å². The highest BCUT2D eigenvalue weighted by Gasteiger charge is 2.25. The number of carboxylic acids is 1. The molecule has 0 heterocycles. The highest BCUT2D eigenvalue weighted by molar-refractivity contribution is 7.90. The largest absolute Gasteiger partial charge is 0.493 e. The second kappa shape index (κ2) is 7.93. The van der Waals surface area contributed by atoms with Crippen molar-refractivity contribution in [2.75, 3.05) is 18.6 Å². The Morgan fingerprint density at radius 1 is 1.26 bits per heavy atom. The van der Waals surface area contributed by atoms with E-state index in [1.165, 1.54) is 31.2 Å². The first kappa shape index (κ1) is 18.9. The molecule has 0 radical (unpaired) electrons. The van der Waals surface area contributed by atoms with E-state index in [2.05, 4.69) is 5.32 Å². The molecule has 1 rings (SSSR count). The first-order valence-corrected chi connectivity index (χ1v) is 8.78. The molecule has 0 aliphatic carbocycles. The Morgan fingerprint density at radius 3 is 2.26 bits per heavy atom. The zero-order valence-electron chi connectivity index (χ0n) is 12.7. The fourth-order valence-electron chi connectivity index (χ4n) is 1.63. The van der Waals surface area contributed by atoms with Crippen LogP contribution in [-0.4, -0.2) is 61.3 Å². The van der Waals surface area contributed by atoms with Crippen molar-refractivity contribution in [3.05, 3.63) is 29.8 Å². The minimum atomic E-state index is -3.11. The van der Waals surface area contributed by atoms with Crippen molar-refractivity contribution < 1.29 is 33.0 Å². The van der Waals surface area contributed by atoms with Crippen molar-refractivity contribution in [2.24, 2.45) is 0 Å². The Hall–Kier alpha value is -2.13. The highest BCUT2D eigenvalue weighted by Crippen LogP contribution is 2.12. The number of rotatable bonds is 8. The summed E-state index contributed by atoms with van der Waals surface area (Å²) < 4.78 is 27.2. The van der Waals surface area contributed by atoms with Gasteiger partial charge < -0.3 is 20.3 Å². The number of amides is 1. The molecule has 2 atom stereocenters. The standard InChI is InChI=1S/C14H19NO7S/c1-9(16)12(14(18)19)15-13(17)10-3-5-11(6-4-10)22-7-8-23(2,20)21/h3-6,9,12,16H,7-8H2,1-2H3,(H,15,17)(H,18,19)/t9-,12+/m1/s1. The van der Waals surface area contributed by atoms with Gasteiger partial charge in [0.05, 0.1) is 11.9 Å². The molecule has 0 fully saturated rings. The maximum atomic E-state index is 11.9. The van der Waals surface area contributed by atoms with Crippen LogP contribution in [0.4, 0.5) is 0 Å². The maximum Gasteiger partial charge on any atom is 0.328 e. The van der Waals surface area contributed by atoms with Crippen molar-refractivity contribution >= 4 is 21.7 Å². The van der Waals surface area contributed by atoms with Crippen LogP contribution in [0.15, 0.2) is 24.3 Å². The van der Waals surface area contributed by atoms with Gasteiger partial charge in [0.1, 0.15) is 12.4 Å². The van der Waals surface area contributed by atoms with Gasteiger partial charge in [0.15, 0.2) is 15.9 Å². The number of carbonyl (C=O) groups excluding carboxylic acids is 1. The third kappa shape index (κ3) is 6.66. The molecule has 0 unspecified atom stereocenters. The van der Waals surface area contributed by atoms with E-state index in [9.17, 15) is 23.1 Å². The molecule has 0 saturated heterocycles. The van der Waals surface area contributed by atoms with E-state index in [1.54, 1.807) is 0 Å². The summed E-state index contributed by atoms with van der Waals surface area (Å²) in [6, 6.07) is 4.34. The smallest absolute Gasteiger partial charge is 0.328 e. The van der Waals surface area contributed by atoms with Crippen LogP contribution in [0.2, 0.25) is 0 Å². The molecule has 8 nitrogen and oxygen atoms in total. The Labute approximate surface area is 134 Å². The number of aliphatic carboxylic acids is 1. The van der Waals surface area contributed by atoms with Gasteiger partial charge in [-0.2, -0.15) is 0 Å². The number of hydrogen-bond donors (Lipinski definition) is 3. The van der Waals surface area contributed by atoms with Gasteiger partial charge >= 0.3 is 5.97 Å². The summed E-state index contributed by atoms with van der Waals surface area (Å²) >= 11 is 0. The molecule has 3 N–H and O–H groups in total. The molecular formula is C14H19NO7S. The number of aliphatic hydroxyl groups excluding tert-OH is 1. The van der Waals surface area contributed by atoms with E-state index in [1.807, 2.05) is 0 Å². The molecule has 9 heteroatoms. The number of benzene rings is 1. The zero-order valence-corrected chi connectivity index (χ0v) is 13.5. The number of hydrogen-bond acceptors (Lipinski definition) is 6. The highest BCUT2D eigenvalue weighted by atomic mass is 32.2. The van der Waals surface area contributed by atoms with Gasteiger partial charge in [-0.1, -0.05) is 0 Å². The normalized spacial score (nSPS) is 13.9. The molecule has 128 valence electrons. The number of carboxylic acid groups (broad SMARTS) is 1. The van der Waals surface area contributed by atoms with Gasteiger partial charge in [-0.3, -0.25) is 4.79 Å². The fourth-order valence-corrected chi connectivity index (χ4v) is 2.01. The molecule has 0 bridgehead atoms. The molecule has 1 aromatic rings. The Morgan fingerprint density at radius 2 is 1.83 bits per heavy atom. The summed E-state index contributed by atoms with van der Waals surface area (Å²) in [6.45, 7) is 1.26. The summed E-state index contributed by atoms with van der Waals surface area (Å²) in [7, 11) is -3.11. The lowest BCUT2D eigenvalue weighted by Gasteiger charge is -2.17. The lowest BCUT2D eigenvalue weighted by molar-refractivity contribution is -0.141. The first-order valence-electron chi connectivity index (χ1n) is 6.72. The predicted molar refractivity (Wildman–Crippen MR) is 82.2 cm³/mol. The summed E-state index contributed by atoms with van der Waals surface area (Å²) in [5, 5.41) is 20.4. The molecule has 1 aromatic carbocycles. The summed E-state index contributed by atoms with van der Waals surface area (Å²) in [6.07, 6.45) is -0.139. The maximum absolute atomic E-state index is 11.9. The number of aliphatic hydroxyl groups is 1. The van der Waals surface area contributed by atoms with Crippen molar-refractivity contribution in [1.82, 2.24) is 5.32 Å². The molecule has 23 heavy (non-hydrogen) atoms. The molecule has 0 aliphatic rings. The minimum Gasteiger partial charge on any atom is -0.493 e. The van der Waals surface area contributed by atoms with Crippen LogP contribution in [0, 0.1) is 0 Å².